The number of rotatable bonds is 1. The van der Waals surface area contributed by atoms with Gasteiger partial charge in [-0.2, -0.15) is 0 Å². The molecule has 0 unspecified atom stereocenters. The van der Waals surface area contributed by atoms with Crippen LogP contribution in [0.25, 0.3) is 10.9 Å². The van der Waals surface area contributed by atoms with Crippen LogP contribution >= 0.6 is 0 Å². The average Bonchev–Trinajstić information content (AvgIpc) is 3.11. The van der Waals surface area contributed by atoms with Crippen molar-refractivity contribution in [3.05, 3.63) is 65.9 Å². The third kappa shape index (κ3) is 1.85. The highest BCUT2D eigenvalue weighted by atomic mass is 16.2. The highest BCUT2D eigenvalue weighted by Crippen LogP contribution is 2.30. The second-order valence-corrected chi connectivity index (χ2v) is 5.68. The van der Waals surface area contributed by atoms with Gasteiger partial charge in [-0.15, -0.1) is 0 Å². The number of nitrogen functional groups attached to an aromatic ring is 1. The molecule has 1 aliphatic rings. The van der Waals surface area contributed by atoms with Gasteiger partial charge in [0, 0.05) is 17.5 Å². The molecule has 0 atom stereocenters. The van der Waals surface area contributed by atoms with Crippen LogP contribution in [0.15, 0.2) is 54.7 Å². The maximum absolute atomic E-state index is 12.9. The second kappa shape index (κ2) is 4.48. The smallest absolute Gasteiger partial charge is 0.234 e. The van der Waals surface area contributed by atoms with E-state index in [1.165, 1.54) is 11.1 Å². The number of benzene rings is 2. The number of carbonyl (C=O) groups is 1. The molecular weight excluding hydrogens is 260 g/mol. The molecule has 1 aliphatic carbocycles. The SMILES string of the molecule is Nc1cccc2ccn(C(=O)C3Cc4ccccc4C3)c12. The van der Waals surface area contributed by atoms with E-state index < -0.39 is 0 Å². The molecule has 21 heavy (non-hydrogen) atoms. The molecule has 3 aromatic rings. The van der Waals surface area contributed by atoms with Crippen LogP contribution < -0.4 is 5.73 Å². The molecule has 2 aromatic carbocycles. The number of anilines is 1. The fourth-order valence-corrected chi connectivity index (χ4v) is 3.34. The lowest BCUT2D eigenvalue weighted by Gasteiger charge is -2.11. The van der Waals surface area contributed by atoms with Crippen molar-refractivity contribution in [1.29, 1.82) is 0 Å². The summed E-state index contributed by atoms with van der Waals surface area (Å²) in [7, 11) is 0. The van der Waals surface area contributed by atoms with E-state index in [1.807, 2.05) is 42.6 Å². The quantitative estimate of drug-likeness (QED) is 0.693. The van der Waals surface area contributed by atoms with E-state index in [9.17, 15) is 4.79 Å². The van der Waals surface area contributed by atoms with Crippen molar-refractivity contribution in [2.24, 2.45) is 5.92 Å². The number of carbonyl (C=O) groups excluding carboxylic acids is 1. The van der Waals surface area contributed by atoms with Crippen LogP contribution in [0.5, 0.6) is 0 Å². The molecule has 0 fully saturated rings. The van der Waals surface area contributed by atoms with Crippen molar-refractivity contribution in [2.75, 3.05) is 5.73 Å². The Morgan fingerprint density at radius 1 is 1.00 bits per heavy atom. The Hall–Kier alpha value is -2.55. The Morgan fingerprint density at radius 2 is 1.71 bits per heavy atom. The number of fused-ring (bicyclic) bond motifs is 2. The van der Waals surface area contributed by atoms with Crippen LogP contribution in [-0.4, -0.2) is 10.5 Å². The van der Waals surface area contributed by atoms with E-state index in [2.05, 4.69) is 12.1 Å². The predicted octanol–water partition coefficient (Wildman–Crippen LogP) is 3.28. The standard InChI is InChI=1S/C18H16N2O/c19-16-7-3-6-12-8-9-20(17(12)16)18(21)15-10-13-4-1-2-5-14(13)11-15/h1-9,15H,10-11,19H2. The third-order valence-corrected chi connectivity index (χ3v) is 4.38. The Labute approximate surface area is 123 Å². The van der Waals surface area contributed by atoms with Gasteiger partial charge in [-0.05, 0) is 36.1 Å². The van der Waals surface area contributed by atoms with Gasteiger partial charge in [-0.3, -0.25) is 9.36 Å². The van der Waals surface area contributed by atoms with Gasteiger partial charge in [-0.25, -0.2) is 0 Å². The van der Waals surface area contributed by atoms with E-state index >= 15 is 0 Å². The van der Waals surface area contributed by atoms with Gasteiger partial charge in [0.25, 0.3) is 0 Å². The molecule has 2 N–H and O–H groups in total. The molecule has 0 aliphatic heterocycles. The zero-order valence-electron chi connectivity index (χ0n) is 11.6. The summed E-state index contributed by atoms with van der Waals surface area (Å²) in [5, 5.41) is 1.01. The van der Waals surface area contributed by atoms with Gasteiger partial charge in [0.1, 0.15) is 0 Å². The molecule has 3 heteroatoms. The fourth-order valence-electron chi connectivity index (χ4n) is 3.34. The van der Waals surface area contributed by atoms with Crippen molar-refractivity contribution in [1.82, 2.24) is 4.57 Å². The van der Waals surface area contributed by atoms with Crippen LogP contribution in [0.2, 0.25) is 0 Å². The zero-order valence-corrected chi connectivity index (χ0v) is 11.6. The van der Waals surface area contributed by atoms with Gasteiger partial charge >= 0.3 is 0 Å². The molecule has 0 saturated carbocycles. The molecule has 3 nitrogen and oxygen atoms in total. The predicted molar refractivity (Wildman–Crippen MR) is 84.3 cm³/mol. The largest absolute Gasteiger partial charge is 0.397 e. The van der Waals surface area contributed by atoms with Gasteiger partial charge in [0.2, 0.25) is 5.91 Å². The first-order valence-corrected chi connectivity index (χ1v) is 7.20. The Kier molecular flexibility index (Phi) is 2.61. The summed E-state index contributed by atoms with van der Waals surface area (Å²) in [5.74, 6) is 0.150. The summed E-state index contributed by atoms with van der Waals surface area (Å²) in [4.78, 5) is 12.9. The number of para-hydroxylation sites is 1. The molecular formula is C18H16N2O. The molecule has 1 aromatic heterocycles. The number of hydrogen-bond donors (Lipinski definition) is 1. The summed E-state index contributed by atoms with van der Waals surface area (Å²) < 4.78 is 1.72. The van der Waals surface area contributed by atoms with Gasteiger partial charge in [-0.1, -0.05) is 36.4 Å². The van der Waals surface area contributed by atoms with E-state index in [-0.39, 0.29) is 11.8 Å². The topological polar surface area (TPSA) is 48.0 Å². The highest BCUT2D eigenvalue weighted by molar-refractivity contribution is 5.99. The molecule has 104 valence electrons. The van der Waals surface area contributed by atoms with Crippen LogP contribution in [-0.2, 0) is 12.8 Å². The number of nitrogens with zero attached hydrogens (tertiary/aromatic N) is 1. The van der Waals surface area contributed by atoms with Crippen molar-refractivity contribution >= 4 is 22.5 Å². The minimum Gasteiger partial charge on any atom is -0.397 e. The lowest BCUT2D eigenvalue weighted by Crippen LogP contribution is -2.21. The zero-order chi connectivity index (χ0) is 14.4. The second-order valence-electron chi connectivity index (χ2n) is 5.68. The first-order chi connectivity index (χ1) is 10.2. The van der Waals surface area contributed by atoms with Crippen LogP contribution in [0.1, 0.15) is 15.9 Å². The van der Waals surface area contributed by atoms with Crippen LogP contribution in [0.4, 0.5) is 5.69 Å². The number of nitrogens with two attached hydrogens (primary N) is 1. The summed E-state index contributed by atoms with van der Waals surface area (Å²) in [5.41, 5.74) is 10.1. The molecule has 0 saturated heterocycles. The number of aromatic nitrogens is 1. The van der Waals surface area contributed by atoms with Crippen LogP contribution in [0, 0.1) is 5.92 Å². The fraction of sp³-hybridized carbons (Fsp3) is 0.167. The van der Waals surface area contributed by atoms with E-state index in [0.717, 1.165) is 23.7 Å². The van der Waals surface area contributed by atoms with Gasteiger partial charge in [0.05, 0.1) is 11.2 Å². The molecule has 0 bridgehead atoms. The minimum absolute atomic E-state index is 0.0117. The Bertz CT molecular complexity index is 822. The minimum atomic E-state index is 0.0117. The van der Waals surface area contributed by atoms with Crippen molar-refractivity contribution in [3.8, 4) is 0 Å². The summed E-state index contributed by atoms with van der Waals surface area (Å²) in [6.45, 7) is 0. The number of hydrogen-bond acceptors (Lipinski definition) is 2. The summed E-state index contributed by atoms with van der Waals surface area (Å²) in [6.07, 6.45) is 3.48. The molecule has 4 rings (SSSR count). The average molecular weight is 276 g/mol. The molecule has 0 amide bonds. The maximum atomic E-state index is 12.9. The monoisotopic (exact) mass is 276 g/mol. The Balaban J connectivity index is 1.73. The molecule has 1 heterocycles. The van der Waals surface area contributed by atoms with E-state index in [1.54, 1.807) is 4.57 Å². The maximum Gasteiger partial charge on any atom is 0.234 e. The highest BCUT2D eigenvalue weighted by Gasteiger charge is 2.28. The third-order valence-electron chi connectivity index (χ3n) is 4.38. The van der Waals surface area contributed by atoms with Gasteiger partial charge < -0.3 is 5.73 Å². The first kappa shape index (κ1) is 12.2. The van der Waals surface area contributed by atoms with Gasteiger partial charge in [0.15, 0.2) is 0 Å². The molecule has 0 radical (unpaired) electrons. The van der Waals surface area contributed by atoms with Crippen molar-refractivity contribution in [2.45, 2.75) is 12.8 Å². The normalized spacial score (nSPS) is 14.5. The lowest BCUT2D eigenvalue weighted by molar-refractivity contribution is 0.0845. The summed E-state index contributed by atoms with van der Waals surface area (Å²) in [6, 6.07) is 16.0. The summed E-state index contributed by atoms with van der Waals surface area (Å²) >= 11 is 0. The van der Waals surface area contributed by atoms with E-state index in [0.29, 0.717) is 5.69 Å². The Morgan fingerprint density at radius 3 is 2.43 bits per heavy atom. The molecule has 0 spiro atoms. The van der Waals surface area contributed by atoms with E-state index in [4.69, 9.17) is 5.73 Å². The van der Waals surface area contributed by atoms with Crippen molar-refractivity contribution in [3.63, 3.8) is 0 Å². The first-order valence-electron chi connectivity index (χ1n) is 7.20. The van der Waals surface area contributed by atoms with Crippen LogP contribution in [0.3, 0.4) is 0 Å². The lowest BCUT2D eigenvalue weighted by atomic mass is 10.1. The van der Waals surface area contributed by atoms with Crippen molar-refractivity contribution < 1.29 is 4.79 Å².